The molecule has 2 heteroatoms. The minimum atomic E-state index is 1.20. The van der Waals surface area contributed by atoms with Crippen LogP contribution < -0.4 is 0 Å². The van der Waals surface area contributed by atoms with Gasteiger partial charge in [-0.2, -0.15) is 0 Å². The molecule has 0 N–H and O–H groups in total. The minimum Gasteiger partial charge on any atom is -0.291 e. The van der Waals surface area contributed by atoms with Crippen molar-refractivity contribution in [2.45, 2.75) is 39.5 Å². The first kappa shape index (κ1) is 11.0. The van der Waals surface area contributed by atoms with Gasteiger partial charge in [-0.25, -0.2) is 0 Å². The van der Waals surface area contributed by atoms with Crippen LogP contribution in [-0.2, 0) is 0 Å². The van der Waals surface area contributed by atoms with Gasteiger partial charge in [0.15, 0.2) is 0 Å². The third-order valence-electron chi connectivity index (χ3n) is 2.84. The first-order chi connectivity index (χ1) is 6.36. The van der Waals surface area contributed by atoms with Crippen LogP contribution in [0, 0.1) is 0 Å². The Labute approximate surface area is 82.9 Å². The summed E-state index contributed by atoms with van der Waals surface area (Å²) in [7, 11) is 0. The van der Waals surface area contributed by atoms with E-state index in [1.165, 1.54) is 58.5 Å². The monoisotopic (exact) mass is 184 g/mol. The van der Waals surface area contributed by atoms with E-state index in [0.29, 0.717) is 0 Å². The second-order valence-corrected chi connectivity index (χ2v) is 4.03. The Morgan fingerprint density at radius 3 is 2.31 bits per heavy atom. The molecule has 1 heterocycles. The first-order valence-corrected chi connectivity index (χ1v) is 5.81. The number of likely N-dealkylation sites (tertiary alicyclic amines) is 1. The van der Waals surface area contributed by atoms with E-state index >= 15 is 0 Å². The van der Waals surface area contributed by atoms with Gasteiger partial charge in [0.1, 0.15) is 0 Å². The van der Waals surface area contributed by atoms with Gasteiger partial charge < -0.3 is 0 Å². The van der Waals surface area contributed by atoms with Crippen molar-refractivity contribution in [3.63, 3.8) is 0 Å². The van der Waals surface area contributed by atoms with Crippen LogP contribution in [0.4, 0.5) is 0 Å². The molecule has 0 aromatic rings. The van der Waals surface area contributed by atoms with Gasteiger partial charge in [0.05, 0.1) is 6.67 Å². The molecule has 1 saturated heterocycles. The molecule has 2 nitrogen and oxygen atoms in total. The molecule has 1 aliphatic rings. The molecule has 0 amide bonds. The summed E-state index contributed by atoms with van der Waals surface area (Å²) < 4.78 is 0. The van der Waals surface area contributed by atoms with Gasteiger partial charge in [0, 0.05) is 0 Å². The fraction of sp³-hybridized carbons (Fsp3) is 1.00. The molecule has 0 bridgehead atoms. The third-order valence-corrected chi connectivity index (χ3v) is 2.84. The van der Waals surface area contributed by atoms with Crippen molar-refractivity contribution in [2.75, 3.05) is 32.8 Å². The first-order valence-electron chi connectivity index (χ1n) is 5.81. The van der Waals surface area contributed by atoms with Crippen molar-refractivity contribution in [2.24, 2.45) is 0 Å². The number of hydrogen-bond acceptors (Lipinski definition) is 2. The Kier molecular flexibility index (Phi) is 5.40. The highest BCUT2D eigenvalue weighted by Gasteiger charge is 2.12. The van der Waals surface area contributed by atoms with Crippen LogP contribution in [0.2, 0.25) is 0 Å². The molecule has 1 aliphatic heterocycles. The van der Waals surface area contributed by atoms with Crippen LogP contribution in [0.1, 0.15) is 39.5 Å². The maximum Gasteiger partial charge on any atom is 0.0506 e. The predicted molar refractivity (Wildman–Crippen MR) is 57.8 cm³/mol. The van der Waals surface area contributed by atoms with E-state index in [-0.39, 0.29) is 0 Å². The van der Waals surface area contributed by atoms with Gasteiger partial charge in [-0.05, 0) is 45.4 Å². The van der Waals surface area contributed by atoms with Gasteiger partial charge in [-0.1, -0.05) is 20.3 Å². The van der Waals surface area contributed by atoms with Crippen molar-refractivity contribution < 1.29 is 0 Å². The van der Waals surface area contributed by atoms with Gasteiger partial charge in [0.2, 0.25) is 0 Å². The Morgan fingerprint density at radius 1 is 1.08 bits per heavy atom. The molecular formula is C11H24N2. The van der Waals surface area contributed by atoms with Crippen LogP contribution in [0.25, 0.3) is 0 Å². The average Bonchev–Trinajstić information content (AvgIpc) is 2.19. The Balaban J connectivity index is 2.18. The zero-order valence-electron chi connectivity index (χ0n) is 9.26. The molecule has 0 radical (unpaired) electrons. The Bertz CT molecular complexity index is 117. The van der Waals surface area contributed by atoms with E-state index in [1.54, 1.807) is 0 Å². The quantitative estimate of drug-likeness (QED) is 0.646. The van der Waals surface area contributed by atoms with Crippen molar-refractivity contribution >= 4 is 0 Å². The highest BCUT2D eigenvalue weighted by atomic mass is 15.3. The lowest BCUT2D eigenvalue weighted by Gasteiger charge is -2.32. The lowest BCUT2D eigenvalue weighted by molar-refractivity contribution is 0.117. The van der Waals surface area contributed by atoms with Crippen molar-refractivity contribution in [3.05, 3.63) is 0 Å². The molecule has 0 spiro atoms. The second-order valence-electron chi connectivity index (χ2n) is 4.03. The van der Waals surface area contributed by atoms with E-state index in [1.807, 2.05) is 0 Å². The lowest BCUT2D eigenvalue weighted by Crippen LogP contribution is -2.40. The van der Waals surface area contributed by atoms with Crippen LogP contribution in [0.5, 0.6) is 0 Å². The van der Waals surface area contributed by atoms with Crippen molar-refractivity contribution in [3.8, 4) is 0 Å². The number of nitrogens with zero attached hydrogens (tertiary/aromatic N) is 2. The SMILES string of the molecule is CCCN(CC)CN1CCCCC1. The van der Waals surface area contributed by atoms with Crippen molar-refractivity contribution in [1.29, 1.82) is 0 Å². The molecule has 1 fully saturated rings. The fourth-order valence-electron chi connectivity index (χ4n) is 2.03. The van der Waals surface area contributed by atoms with Crippen LogP contribution in [0.3, 0.4) is 0 Å². The van der Waals surface area contributed by atoms with E-state index in [9.17, 15) is 0 Å². The second kappa shape index (κ2) is 6.39. The molecule has 0 saturated carbocycles. The molecule has 78 valence electrons. The Morgan fingerprint density at radius 2 is 1.77 bits per heavy atom. The van der Waals surface area contributed by atoms with Crippen molar-refractivity contribution in [1.82, 2.24) is 9.80 Å². The minimum absolute atomic E-state index is 1.20. The summed E-state index contributed by atoms with van der Waals surface area (Å²) in [5.41, 5.74) is 0. The molecule has 13 heavy (non-hydrogen) atoms. The Hall–Kier alpha value is -0.0800. The summed E-state index contributed by atoms with van der Waals surface area (Å²) in [5.74, 6) is 0. The normalized spacial score (nSPS) is 19.6. The van der Waals surface area contributed by atoms with E-state index in [0.717, 1.165) is 0 Å². The molecule has 0 aliphatic carbocycles. The van der Waals surface area contributed by atoms with Crippen LogP contribution in [-0.4, -0.2) is 42.6 Å². The number of rotatable bonds is 5. The third kappa shape index (κ3) is 4.10. The molecule has 1 rings (SSSR count). The lowest BCUT2D eigenvalue weighted by atomic mass is 10.1. The zero-order valence-corrected chi connectivity index (χ0v) is 9.26. The fourth-order valence-corrected chi connectivity index (χ4v) is 2.03. The smallest absolute Gasteiger partial charge is 0.0506 e. The molecule has 0 unspecified atom stereocenters. The van der Waals surface area contributed by atoms with Gasteiger partial charge in [-0.15, -0.1) is 0 Å². The zero-order chi connectivity index (χ0) is 9.52. The van der Waals surface area contributed by atoms with E-state index in [4.69, 9.17) is 0 Å². The summed E-state index contributed by atoms with van der Waals surface area (Å²) in [6, 6.07) is 0. The molecule has 0 aromatic heterocycles. The number of piperidine rings is 1. The standard InChI is InChI=1S/C11H24N2/c1-3-8-12(4-2)11-13-9-6-5-7-10-13/h3-11H2,1-2H3. The largest absolute Gasteiger partial charge is 0.291 e. The summed E-state index contributed by atoms with van der Waals surface area (Å²) in [6.45, 7) is 10.8. The van der Waals surface area contributed by atoms with E-state index in [2.05, 4.69) is 23.6 Å². The summed E-state index contributed by atoms with van der Waals surface area (Å²) in [5, 5.41) is 0. The van der Waals surface area contributed by atoms with E-state index < -0.39 is 0 Å². The van der Waals surface area contributed by atoms with Gasteiger partial charge in [0.25, 0.3) is 0 Å². The number of hydrogen-bond donors (Lipinski definition) is 0. The summed E-state index contributed by atoms with van der Waals surface area (Å²) in [4.78, 5) is 5.15. The highest BCUT2D eigenvalue weighted by Crippen LogP contribution is 2.09. The predicted octanol–water partition coefficient (Wildman–Crippen LogP) is 2.16. The molecular weight excluding hydrogens is 160 g/mol. The van der Waals surface area contributed by atoms with Gasteiger partial charge >= 0.3 is 0 Å². The topological polar surface area (TPSA) is 6.48 Å². The maximum absolute atomic E-state index is 2.60. The average molecular weight is 184 g/mol. The maximum atomic E-state index is 2.60. The summed E-state index contributed by atoms with van der Waals surface area (Å²) >= 11 is 0. The van der Waals surface area contributed by atoms with Gasteiger partial charge in [-0.3, -0.25) is 9.80 Å². The van der Waals surface area contributed by atoms with Crippen LogP contribution >= 0.6 is 0 Å². The summed E-state index contributed by atoms with van der Waals surface area (Å²) in [6.07, 6.45) is 5.53. The highest BCUT2D eigenvalue weighted by molar-refractivity contribution is 4.65. The van der Waals surface area contributed by atoms with Crippen LogP contribution in [0.15, 0.2) is 0 Å². The molecule has 0 aromatic carbocycles. The molecule has 0 atom stereocenters.